The van der Waals surface area contributed by atoms with Gasteiger partial charge in [0.05, 0.1) is 6.61 Å². The van der Waals surface area contributed by atoms with E-state index in [1.165, 1.54) is 12.8 Å². The Hall–Kier alpha value is -1.60. The third kappa shape index (κ3) is 4.48. The van der Waals surface area contributed by atoms with Crippen molar-refractivity contribution in [3.8, 4) is 0 Å². The van der Waals surface area contributed by atoms with Gasteiger partial charge < -0.3 is 20.3 Å². The van der Waals surface area contributed by atoms with Gasteiger partial charge in [0.2, 0.25) is 5.95 Å². The number of hydrogen-bond acceptors (Lipinski definition) is 7. The summed E-state index contributed by atoms with van der Waals surface area (Å²) in [5.74, 6) is 2.32. The summed E-state index contributed by atoms with van der Waals surface area (Å²) < 4.78 is 5.59. The standard InChI is InChI=1S/C17H30N6O/c1-2-12-24-13-11-21-7-9-23(10-8-21)16-14-15(19-17(18)20-16)22-5-3-4-6-22/h14H,2-13H2,1H3,(H2,18,19,20). The first kappa shape index (κ1) is 17.2. The molecule has 0 spiro atoms. The first-order chi connectivity index (χ1) is 11.8. The molecule has 2 saturated heterocycles. The third-order valence-corrected chi connectivity index (χ3v) is 4.74. The maximum absolute atomic E-state index is 5.95. The molecule has 0 radical (unpaired) electrons. The quantitative estimate of drug-likeness (QED) is 0.752. The molecule has 2 aliphatic heterocycles. The lowest BCUT2D eigenvalue weighted by molar-refractivity contribution is 0.102. The van der Waals surface area contributed by atoms with Crippen molar-refractivity contribution in [1.82, 2.24) is 14.9 Å². The average Bonchev–Trinajstić information content (AvgIpc) is 3.13. The lowest BCUT2D eigenvalue weighted by Gasteiger charge is -2.35. The van der Waals surface area contributed by atoms with Crippen LogP contribution < -0.4 is 15.5 Å². The van der Waals surface area contributed by atoms with Gasteiger partial charge in [0, 0.05) is 58.5 Å². The molecule has 0 bridgehead atoms. The van der Waals surface area contributed by atoms with E-state index in [4.69, 9.17) is 10.5 Å². The lowest BCUT2D eigenvalue weighted by atomic mass is 10.3. The van der Waals surface area contributed by atoms with Crippen molar-refractivity contribution >= 4 is 17.6 Å². The summed E-state index contributed by atoms with van der Waals surface area (Å²) in [5.41, 5.74) is 5.95. The molecule has 3 rings (SSSR count). The van der Waals surface area contributed by atoms with E-state index in [1.54, 1.807) is 0 Å². The van der Waals surface area contributed by atoms with Crippen LogP contribution >= 0.6 is 0 Å². The van der Waals surface area contributed by atoms with Gasteiger partial charge in [-0.1, -0.05) is 6.92 Å². The second-order valence-corrected chi connectivity index (χ2v) is 6.58. The normalized spacial score (nSPS) is 19.2. The molecule has 0 aromatic carbocycles. The molecule has 7 nitrogen and oxygen atoms in total. The van der Waals surface area contributed by atoms with Gasteiger partial charge in [0.1, 0.15) is 11.6 Å². The number of nitrogens with two attached hydrogens (primary N) is 1. The Labute approximate surface area is 144 Å². The number of ether oxygens (including phenoxy) is 1. The molecule has 1 aromatic heterocycles. The van der Waals surface area contributed by atoms with E-state index >= 15 is 0 Å². The van der Waals surface area contributed by atoms with Gasteiger partial charge in [-0.15, -0.1) is 0 Å². The summed E-state index contributed by atoms with van der Waals surface area (Å²) in [6.45, 7) is 11.0. The Bertz CT molecular complexity index is 512. The molecule has 1 aromatic rings. The predicted octanol–water partition coefficient (Wildman–Crippen LogP) is 1.21. The highest BCUT2D eigenvalue weighted by Gasteiger charge is 2.21. The van der Waals surface area contributed by atoms with Crippen LogP contribution in [0.15, 0.2) is 6.07 Å². The van der Waals surface area contributed by atoms with Gasteiger partial charge in [-0.05, 0) is 19.3 Å². The second kappa shape index (κ2) is 8.48. The Morgan fingerprint density at radius 3 is 2.21 bits per heavy atom. The summed E-state index contributed by atoms with van der Waals surface area (Å²) in [5, 5.41) is 0. The van der Waals surface area contributed by atoms with Gasteiger partial charge >= 0.3 is 0 Å². The Morgan fingerprint density at radius 1 is 0.958 bits per heavy atom. The third-order valence-electron chi connectivity index (χ3n) is 4.74. The first-order valence-electron chi connectivity index (χ1n) is 9.21. The summed E-state index contributed by atoms with van der Waals surface area (Å²) >= 11 is 0. The van der Waals surface area contributed by atoms with Gasteiger partial charge in [0.15, 0.2) is 0 Å². The van der Waals surface area contributed by atoms with Crippen LogP contribution in [-0.4, -0.2) is 73.9 Å². The zero-order valence-corrected chi connectivity index (χ0v) is 14.8. The molecule has 2 fully saturated rings. The van der Waals surface area contributed by atoms with Crippen LogP contribution in [0.5, 0.6) is 0 Å². The molecule has 0 unspecified atom stereocenters. The van der Waals surface area contributed by atoms with E-state index in [2.05, 4.69) is 37.7 Å². The summed E-state index contributed by atoms with van der Waals surface area (Å²) in [4.78, 5) is 16.0. The number of aromatic nitrogens is 2. The molecular weight excluding hydrogens is 304 g/mol. The Balaban J connectivity index is 1.54. The molecule has 0 saturated carbocycles. The van der Waals surface area contributed by atoms with E-state index in [-0.39, 0.29) is 0 Å². The molecule has 7 heteroatoms. The predicted molar refractivity (Wildman–Crippen MR) is 97.7 cm³/mol. The van der Waals surface area contributed by atoms with Crippen molar-refractivity contribution in [2.75, 3.05) is 74.6 Å². The van der Waals surface area contributed by atoms with Crippen molar-refractivity contribution in [1.29, 1.82) is 0 Å². The van der Waals surface area contributed by atoms with E-state index in [1.807, 2.05) is 0 Å². The summed E-state index contributed by atoms with van der Waals surface area (Å²) in [6, 6.07) is 2.10. The largest absolute Gasteiger partial charge is 0.380 e. The molecular formula is C17H30N6O. The topological polar surface area (TPSA) is 70.8 Å². The van der Waals surface area contributed by atoms with Gasteiger partial charge in [-0.25, -0.2) is 0 Å². The fourth-order valence-electron chi connectivity index (χ4n) is 3.35. The van der Waals surface area contributed by atoms with Crippen LogP contribution in [0.3, 0.4) is 0 Å². The van der Waals surface area contributed by atoms with Crippen LogP contribution in [0.25, 0.3) is 0 Å². The molecule has 3 heterocycles. The van der Waals surface area contributed by atoms with E-state index in [9.17, 15) is 0 Å². The minimum Gasteiger partial charge on any atom is -0.380 e. The van der Waals surface area contributed by atoms with Crippen molar-refractivity contribution < 1.29 is 4.74 Å². The minimum absolute atomic E-state index is 0.379. The molecule has 0 amide bonds. The summed E-state index contributed by atoms with van der Waals surface area (Å²) in [6.07, 6.45) is 3.55. The smallest absolute Gasteiger partial charge is 0.223 e. The minimum atomic E-state index is 0.379. The van der Waals surface area contributed by atoms with Gasteiger partial charge in [-0.2, -0.15) is 9.97 Å². The van der Waals surface area contributed by atoms with E-state index < -0.39 is 0 Å². The zero-order valence-electron chi connectivity index (χ0n) is 14.8. The Morgan fingerprint density at radius 2 is 1.58 bits per heavy atom. The molecule has 24 heavy (non-hydrogen) atoms. The van der Waals surface area contributed by atoms with Crippen molar-refractivity contribution in [2.24, 2.45) is 0 Å². The highest BCUT2D eigenvalue weighted by Crippen LogP contribution is 2.24. The fraction of sp³-hybridized carbons (Fsp3) is 0.765. The fourth-order valence-corrected chi connectivity index (χ4v) is 3.35. The SMILES string of the molecule is CCCOCCN1CCN(c2cc(N3CCCC3)nc(N)n2)CC1. The number of piperazine rings is 1. The van der Waals surface area contributed by atoms with Crippen molar-refractivity contribution in [2.45, 2.75) is 26.2 Å². The van der Waals surface area contributed by atoms with Crippen LogP contribution in [0.2, 0.25) is 0 Å². The van der Waals surface area contributed by atoms with Gasteiger partial charge in [-0.3, -0.25) is 4.90 Å². The van der Waals surface area contributed by atoms with Crippen LogP contribution in [0.4, 0.5) is 17.6 Å². The maximum atomic E-state index is 5.95. The van der Waals surface area contributed by atoms with Crippen LogP contribution in [-0.2, 0) is 4.74 Å². The number of nitrogen functional groups attached to an aromatic ring is 1. The maximum Gasteiger partial charge on any atom is 0.223 e. The second-order valence-electron chi connectivity index (χ2n) is 6.58. The first-order valence-corrected chi connectivity index (χ1v) is 9.21. The molecule has 2 N–H and O–H groups in total. The molecule has 2 aliphatic rings. The number of nitrogens with zero attached hydrogens (tertiary/aromatic N) is 5. The molecule has 0 atom stereocenters. The number of anilines is 3. The van der Waals surface area contributed by atoms with Crippen LogP contribution in [0.1, 0.15) is 26.2 Å². The zero-order chi connectivity index (χ0) is 16.8. The van der Waals surface area contributed by atoms with Crippen LogP contribution in [0, 0.1) is 0 Å². The van der Waals surface area contributed by atoms with Crippen molar-refractivity contribution in [3.05, 3.63) is 6.07 Å². The average molecular weight is 334 g/mol. The monoisotopic (exact) mass is 334 g/mol. The summed E-state index contributed by atoms with van der Waals surface area (Å²) in [7, 11) is 0. The van der Waals surface area contributed by atoms with E-state index in [0.717, 1.165) is 77.1 Å². The Kier molecular flexibility index (Phi) is 6.09. The molecule has 134 valence electrons. The number of rotatable bonds is 7. The highest BCUT2D eigenvalue weighted by atomic mass is 16.5. The van der Waals surface area contributed by atoms with Gasteiger partial charge in [0.25, 0.3) is 0 Å². The highest BCUT2D eigenvalue weighted by molar-refractivity contribution is 5.54. The molecule has 0 aliphatic carbocycles. The number of hydrogen-bond donors (Lipinski definition) is 1. The van der Waals surface area contributed by atoms with Crippen molar-refractivity contribution in [3.63, 3.8) is 0 Å². The van der Waals surface area contributed by atoms with E-state index in [0.29, 0.717) is 5.95 Å². The lowest BCUT2D eigenvalue weighted by Crippen LogP contribution is -2.47.